The van der Waals surface area contributed by atoms with Crippen molar-refractivity contribution in [1.82, 2.24) is 0 Å². The van der Waals surface area contributed by atoms with Crippen LogP contribution in [0, 0.1) is 12.3 Å². The maximum atomic E-state index is 5.96. The van der Waals surface area contributed by atoms with Gasteiger partial charge in [0.25, 0.3) is 0 Å². The molecule has 0 amide bonds. The van der Waals surface area contributed by atoms with Crippen LogP contribution in [0.5, 0.6) is 0 Å². The molecule has 0 aliphatic heterocycles. The van der Waals surface area contributed by atoms with E-state index in [-0.39, 0.29) is 43.2 Å². The third-order valence-corrected chi connectivity index (χ3v) is 0. The Hall–Kier alpha value is 0.0982. The van der Waals surface area contributed by atoms with Crippen molar-refractivity contribution in [2.24, 2.45) is 0 Å². The van der Waals surface area contributed by atoms with E-state index in [4.69, 9.17) is 6.42 Å². The Morgan fingerprint density at radius 3 is 1.00 bits per heavy atom. The number of halogens is 4. The normalized spacial score (nSPS) is 1.00. The zero-order chi connectivity index (χ0) is 2.71. The summed E-state index contributed by atoms with van der Waals surface area (Å²) in [5.74, 6) is 2.00. The third kappa shape index (κ3) is 16400. The van der Waals surface area contributed by atoms with E-state index in [1.807, 2.05) is 5.92 Å². The van der Waals surface area contributed by atoms with Gasteiger partial charge in [-0.05, 0) is 13.3 Å². The van der Waals surface area contributed by atoms with Gasteiger partial charge in [0.15, 0.2) is 0 Å². The van der Waals surface area contributed by atoms with Gasteiger partial charge in [0.05, 0.1) is 0 Å². The molecule has 0 fully saturated rings. The van der Waals surface area contributed by atoms with Crippen LogP contribution in [0.25, 0.3) is 0 Å². The van der Waals surface area contributed by atoms with Gasteiger partial charge in [-0.2, -0.15) is 0 Å². The molecular weight excluding hydrogens is 234 g/mol. The molecule has 0 heterocycles. The van der Waals surface area contributed by atoms with Gasteiger partial charge in [-0.25, -0.2) is 0 Å². The molecule has 52 valence electrons. The van der Waals surface area contributed by atoms with Gasteiger partial charge < -0.3 is 18.8 Å². The monoisotopic (exact) mass is 236 g/mol. The van der Waals surface area contributed by atoms with E-state index < -0.39 is 0 Å². The fraction of sp³-hybridized carbons (Fsp3) is 0.333. The summed E-state index contributed by atoms with van der Waals surface area (Å²) in [5, 5.41) is 0. The maximum Gasteiger partial charge on any atom is 0 e. The molecule has 0 aliphatic rings. The van der Waals surface area contributed by atoms with Crippen molar-refractivity contribution in [3.63, 3.8) is 0 Å². The molecule has 0 nitrogen and oxygen atoms in total. The van der Waals surface area contributed by atoms with E-state index >= 15 is 0 Å². The molecule has 0 spiro atoms. The second-order valence-electron chi connectivity index (χ2n) is 0.250. The van der Waals surface area contributed by atoms with Crippen LogP contribution in [-0.4, -0.2) is 24.4 Å². The second kappa shape index (κ2) is 219. The number of rotatable bonds is 0. The van der Waals surface area contributed by atoms with Crippen LogP contribution in [0.2, 0.25) is 0 Å². The van der Waals surface area contributed by atoms with Crippen molar-refractivity contribution in [1.29, 1.82) is 0 Å². The molecule has 5 heteroatoms. The summed E-state index contributed by atoms with van der Waals surface area (Å²) in [6.07, 6.45) is 5.96. The third-order valence-electron chi connectivity index (χ3n) is 0. The van der Waals surface area contributed by atoms with E-state index in [2.05, 4.69) is 0 Å². The first-order valence-corrected chi connectivity index (χ1v) is 0.750. The minimum Gasteiger partial charge on any atom is -1.00 e. The number of hydrogen-bond acceptors (Lipinski definition) is 0. The van der Waals surface area contributed by atoms with Crippen LogP contribution in [0.15, 0.2) is 0 Å². The smallest absolute Gasteiger partial charge is 0 e. The SMILES string of the molecule is [C]#CC.[F-].[F-].[F-].[F-].[Sb]. The summed E-state index contributed by atoms with van der Waals surface area (Å²) in [6, 6.07) is 0. The van der Waals surface area contributed by atoms with Crippen LogP contribution in [0.4, 0.5) is 0 Å². The van der Waals surface area contributed by atoms with Crippen molar-refractivity contribution in [3.05, 3.63) is 6.42 Å². The Morgan fingerprint density at radius 1 is 1.00 bits per heavy atom. The van der Waals surface area contributed by atoms with Crippen LogP contribution in [0.3, 0.4) is 0 Å². The molecular formula is C3H3F4Sb-4. The minimum atomic E-state index is 0. The Bertz CT molecular complexity index is 32.8. The first-order chi connectivity index (χ1) is 1.41. The van der Waals surface area contributed by atoms with Crippen LogP contribution < -0.4 is 18.8 Å². The fourth-order valence-electron chi connectivity index (χ4n) is 0. The predicted octanol–water partition coefficient (Wildman–Crippen LogP) is -11.8. The van der Waals surface area contributed by atoms with Crippen LogP contribution in [-0.2, 0) is 0 Å². The van der Waals surface area contributed by atoms with E-state index in [0.29, 0.717) is 0 Å². The molecule has 0 rings (SSSR count). The van der Waals surface area contributed by atoms with Crippen molar-refractivity contribution in [2.45, 2.75) is 6.92 Å². The van der Waals surface area contributed by atoms with Gasteiger partial charge in [-0.1, -0.05) is 5.92 Å². The van der Waals surface area contributed by atoms with Crippen molar-refractivity contribution < 1.29 is 18.8 Å². The van der Waals surface area contributed by atoms with Gasteiger partial charge in [-0.3, -0.25) is 0 Å². The van der Waals surface area contributed by atoms with E-state index in [1.165, 1.54) is 0 Å². The molecule has 0 N–H and O–H groups in total. The van der Waals surface area contributed by atoms with Gasteiger partial charge in [-0.15, -0.1) is 0 Å². The van der Waals surface area contributed by atoms with E-state index in [1.54, 1.807) is 6.92 Å². The first-order valence-electron chi connectivity index (χ1n) is 0.750. The Labute approximate surface area is 63.0 Å². The molecule has 0 atom stereocenters. The zero-order valence-electron chi connectivity index (χ0n) is 3.96. The van der Waals surface area contributed by atoms with Gasteiger partial charge in [0, 0.05) is 24.4 Å². The second-order valence-corrected chi connectivity index (χ2v) is 0.250. The summed E-state index contributed by atoms with van der Waals surface area (Å²) < 4.78 is 0. The Kier molecular flexibility index (Phi) is 2540. The average molecular weight is 237 g/mol. The maximum absolute atomic E-state index is 5.96. The van der Waals surface area contributed by atoms with Gasteiger partial charge in [0.2, 0.25) is 0 Å². The van der Waals surface area contributed by atoms with Gasteiger partial charge >= 0.3 is 0 Å². The molecule has 0 aromatic heterocycles. The standard InChI is InChI=1S/C3H3.4FH.Sb/c1-3-2;;;;;/h1H3;4*1H;/p-4. The quantitative estimate of drug-likeness (QED) is 0.223. The topological polar surface area (TPSA) is 0 Å². The molecule has 8 heavy (non-hydrogen) atoms. The average Bonchev–Trinajstić information content (AvgIpc) is 0.918. The largest absolute Gasteiger partial charge is 1.00 e. The summed E-state index contributed by atoms with van der Waals surface area (Å²) >= 11 is 0. The first kappa shape index (κ1) is 92.7. The summed E-state index contributed by atoms with van der Waals surface area (Å²) in [7, 11) is 0. The molecule has 0 aromatic carbocycles. The molecule has 0 saturated carbocycles. The number of hydrogen-bond donors (Lipinski definition) is 0. The van der Waals surface area contributed by atoms with Crippen molar-refractivity contribution in [3.8, 4) is 5.92 Å². The Balaban J connectivity index is -0.00000000200. The van der Waals surface area contributed by atoms with E-state index in [0.717, 1.165) is 0 Å². The van der Waals surface area contributed by atoms with Crippen LogP contribution in [0.1, 0.15) is 6.92 Å². The summed E-state index contributed by atoms with van der Waals surface area (Å²) in [6.45, 7) is 1.54. The van der Waals surface area contributed by atoms with Crippen molar-refractivity contribution >= 4 is 24.4 Å². The molecule has 0 saturated heterocycles. The molecule has 0 unspecified atom stereocenters. The predicted molar refractivity (Wildman–Crippen MR) is 18.6 cm³/mol. The molecule has 0 aromatic rings. The van der Waals surface area contributed by atoms with Crippen LogP contribution >= 0.6 is 0 Å². The summed E-state index contributed by atoms with van der Waals surface area (Å²) in [5.41, 5.74) is 0. The zero-order valence-corrected chi connectivity index (χ0v) is 6.51. The summed E-state index contributed by atoms with van der Waals surface area (Å²) in [4.78, 5) is 0. The fourth-order valence-corrected chi connectivity index (χ4v) is 0. The Morgan fingerprint density at radius 2 is 1.00 bits per heavy atom. The van der Waals surface area contributed by atoms with Gasteiger partial charge in [0.1, 0.15) is 0 Å². The molecule has 0 aliphatic carbocycles. The van der Waals surface area contributed by atoms with Crippen molar-refractivity contribution in [2.75, 3.05) is 0 Å². The molecule has 4 radical (unpaired) electrons. The van der Waals surface area contributed by atoms with E-state index in [9.17, 15) is 0 Å². The minimum absolute atomic E-state index is 0. The molecule has 0 bridgehead atoms.